The molecular formula is C24H23FN6. The van der Waals surface area contributed by atoms with Crippen molar-refractivity contribution in [1.82, 2.24) is 24.5 Å². The van der Waals surface area contributed by atoms with Crippen LogP contribution in [0.1, 0.15) is 12.0 Å². The van der Waals surface area contributed by atoms with E-state index in [1.165, 1.54) is 18.6 Å². The summed E-state index contributed by atoms with van der Waals surface area (Å²) in [5, 5.41) is 5.11. The SMILES string of the molecule is Cc1cc2nc(-c3ccc(F)cc3)c(-c3ccncc3)n2nc1N1CC2CC1CN2C. The van der Waals surface area contributed by atoms with Gasteiger partial charge in [-0.25, -0.2) is 13.9 Å². The number of anilines is 1. The zero-order valence-corrected chi connectivity index (χ0v) is 17.5. The van der Waals surface area contributed by atoms with E-state index in [1.54, 1.807) is 24.5 Å². The van der Waals surface area contributed by atoms with E-state index in [4.69, 9.17) is 10.1 Å². The van der Waals surface area contributed by atoms with Gasteiger partial charge in [-0.15, -0.1) is 5.10 Å². The third-order valence-corrected chi connectivity index (χ3v) is 6.63. The van der Waals surface area contributed by atoms with Crippen LogP contribution in [0, 0.1) is 12.7 Å². The first-order valence-electron chi connectivity index (χ1n) is 10.6. The fourth-order valence-electron chi connectivity index (χ4n) is 5.04. The van der Waals surface area contributed by atoms with Crippen molar-refractivity contribution in [2.45, 2.75) is 25.4 Å². The number of halogens is 1. The predicted molar refractivity (Wildman–Crippen MR) is 119 cm³/mol. The second kappa shape index (κ2) is 6.85. The Morgan fingerprint density at radius 2 is 1.74 bits per heavy atom. The molecule has 0 saturated carbocycles. The number of hydrogen-bond donors (Lipinski definition) is 0. The van der Waals surface area contributed by atoms with Gasteiger partial charge in [-0.3, -0.25) is 9.88 Å². The number of likely N-dealkylation sites (N-methyl/N-ethyl adjacent to an activating group) is 1. The minimum atomic E-state index is -0.261. The van der Waals surface area contributed by atoms with Crippen molar-refractivity contribution in [2.75, 3.05) is 25.0 Å². The number of aromatic nitrogens is 4. The monoisotopic (exact) mass is 414 g/mol. The summed E-state index contributed by atoms with van der Waals surface area (Å²) in [5.41, 5.74) is 5.43. The molecule has 2 unspecified atom stereocenters. The summed E-state index contributed by atoms with van der Waals surface area (Å²) in [6.07, 6.45) is 4.73. The molecule has 31 heavy (non-hydrogen) atoms. The summed E-state index contributed by atoms with van der Waals surface area (Å²) in [5.74, 6) is 0.759. The highest BCUT2D eigenvalue weighted by atomic mass is 19.1. The molecule has 2 aliphatic rings. The van der Waals surface area contributed by atoms with Crippen molar-refractivity contribution in [1.29, 1.82) is 0 Å². The van der Waals surface area contributed by atoms with Gasteiger partial charge in [0.2, 0.25) is 0 Å². The fourth-order valence-corrected chi connectivity index (χ4v) is 5.04. The number of rotatable bonds is 3. The van der Waals surface area contributed by atoms with Crippen molar-refractivity contribution in [3.8, 4) is 22.5 Å². The van der Waals surface area contributed by atoms with Gasteiger partial charge in [-0.05, 0) is 68.4 Å². The van der Waals surface area contributed by atoms with Gasteiger partial charge in [0.1, 0.15) is 11.5 Å². The molecule has 156 valence electrons. The van der Waals surface area contributed by atoms with E-state index < -0.39 is 0 Å². The molecule has 2 fully saturated rings. The van der Waals surface area contributed by atoms with Gasteiger partial charge in [-0.2, -0.15) is 0 Å². The Morgan fingerprint density at radius 3 is 2.42 bits per heavy atom. The molecule has 5 heterocycles. The Morgan fingerprint density at radius 1 is 0.968 bits per heavy atom. The van der Waals surface area contributed by atoms with Gasteiger partial charge in [0.05, 0.1) is 5.69 Å². The molecule has 0 spiro atoms. The zero-order valence-electron chi connectivity index (χ0n) is 17.5. The highest BCUT2D eigenvalue weighted by Crippen LogP contribution is 2.37. The molecule has 6 nitrogen and oxygen atoms in total. The normalized spacial score (nSPS) is 20.8. The van der Waals surface area contributed by atoms with Gasteiger partial charge >= 0.3 is 0 Å². The van der Waals surface area contributed by atoms with Crippen LogP contribution < -0.4 is 4.90 Å². The van der Waals surface area contributed by atoms with Crippen LogP contribution in [-0.2, 0) is 0 Å². The smallest absolute Gasteiger partial charge is 0.155 e. The van der Waals surface area contributed by atoms with Crippen molar-refractivity contribution in [3.05, 3.63) is 66.2 Å². The summed E-state index contributed by atoms with van der Waals surface area (Å²) in [4.78, 5) is 14.0. The Balaban J connectivity index is 1.56. The maximum absolute atomic E-state index is 13.6. The summed E-state index contributed by atoms with van der Waals surface area (Å²) in [6.45, 7) is 4.19. The second-order valence-corrected chi connectivity index (χ2v) is 8.61. The number of benzene rings is 1. The van der Waals surface area contributed by atoms with E-state index >= 15 is 0 Å². The molecule has 0 radical (unpaired) electrons. The lowest BCUT2D eigenvalue weighted by Gasteiger charge is -2.33. The molecule has 0 aliphatic carbocycles. The molecule has 0 amide bonds. The molecule has 2 aliphatic heterocycles. The van der Waals surface area contributed by atoms with Gasteiger partial charge in [0, 0.05) is 48.7 Å². The highest BCUT2D eigenvalue weighted by molar-refractivity contribution is 5.82. The Hall–Kier alpha value is -3.32. The van der Waals surface area contributed by atoms with Crippen LogP contribution in [0.2, 0.25) is 0 Å². The second-order valence-electron chi connectivity index (χ2n) is 8.61. The Labute approximate surface area is 180 Å². The first kappa shape index (κ1) is 18.4. The van der Waals surface area contributed by atoms with Crippen molar-refractivity contribution in [3.63, 3.8) is 0 Å². The van der Waals surface area contributed by atoms with Gasteiger partial charge < -0.3 is 4.90 Å². The number of nitrogens with zero attached hydrogens (tertiary/aromatic N) is 6. The van der Waals surface area contributed by atoms with E-state index in [-0.39, 0.29) is 5.82 Å². The van der Waals surface area contributed by atoms with Crippen LogP contribution in [0.5, 0.6) is 0 Å². The molecule has 6 rings (SSSR count). The van der Waals surface area contributed by atoms with Gasteiger partial charge in [-0.1, -0.05) is 0 Å². The highest BCUT2D eigenvalue weighted by Gasteiger charge is 2.42. The summed E-state index contributed by atoms with van der Waals surface area (Å²) in [6, 6.07) is 13.6. The average molecular weight is 414 g/mol. The molecule has 3 aromatic heterocycles. The molecule has 2 atom stereocenters. The van der Waals surface area contributed by atoms with Crippen LogP contribution in [0.25, 0.3) is 28.2 Å². The molecule has 2 saturated heterocycles. The lowest BCUT2D eigenvalue weighted by atomic mass is 10.1. The molecule has 7 heteroatoms. The van der Waals surface area contributed by atoms with E-state index in [9.17, 15) is 4.39 Å². The fraction of sp³-hybridized carbons (Fsp3) is 0.292. The molecule has 1 aromatic carbocycles. The zero-order chi connectivity index (χ0) is 21.1. The van der Waals surface area contributed by atoms with E-state index in [0.717, 1.165) is 52.6 Å². The number of imidazole rings is 1. The largest absolute Gasteiger partial charge is 0.349 e. The Bertz CT molecular complexity index is 1260. The van der Waals surface area contributed by atoms with Crippen LogP contribution in [0.3, 0.4) is 0 Å². The van der Waals surface area contributed by atoms with Crippen molar-refractivity contribution in [2.24, 2.45) is 0 Å². The van der Waals surface area contributed by atoms with E-state index in [1.807, 2.05) is 16.6 Å². The van der Waals surface area contributed by atoms with Crippen molar-refractivity contribution < 1.29 is 4.39 Å². The lowest BCUT2D eigenvalue weighted by molar-refractivity contribution is 0.292. The van der Waals surface area contributed by atoms with Gasteiger partial charge in [0.15, 0.2) is 11.5 Å². The maximum atomic E-state index is 13.6. The van der Waals surface area contributed by atoms with E-state index in [0.29, 0.717) is 12.1 Å². The van der Waals surface area contributed by atoms with Crippen LogP contribution in [0.4, 0.5) is 10.2 Å². The minimum Gasteiger partial charge on any atom is -0.349 e. The number of piperazine rings is 1. The van der Waals surface area contributed by atoms with Gasteiger partial charge in [0.25, 0.3) is 0 Å². The van der Waals surface area contributed by atoms with Crippen LogP contribution in [0.15, 0.2) is 54.9 Å². The van der Waals surface area contributed by atoms with Crippen molar-refractivity contribution >= 4 is 11.5 Å². The topological polar surface area (TPSA) is 49.6 Å². The number of pyridine rings is 1. The number of likely N-dealkylation sites (tertiary alicyclic amines) is 1. The predicted octanol–water partition coefficient (Wildman–Crippen LogP) is 3.80. The molecule has 0 N–H and O–H groups in total. The quantitative estimate of drug-likeness (QED) is 0.510. The summed E-state index contributed by atoms with van der Waals surface area (Å²) in [7, 11) is 2.21. The number of fused-ring (bicyclic) bond motifs is 3. The standard InChI is InChI=1S/C24H23FN6/c1-15-11-21-27-22(16-3-5-18(25)6-4-16)23(17-7-9-26-10-8-17)31(21)28-24(15)30-14-19-12-20(30)13-29(19)2/h3-11,19-20H,12-14H2,1-2H3. The number of aryl methyl sites for hydroxylation is 1. The average Bonchev–Trinajstić information content (AvgIpc) is 3.46. The van der Waals surface area contributed by atoms with Crippen LogP contribution >= 0.6 is 0 Å². The van der Waals surface area contributed by atoms with E-state index in [2.05, 4.69) is 34.8 Å². The lowest BCUT2D eigenvalue weighted by Crippen LogP contribution is -2.45. The number of hydrogen-bond acceptors (Lipinski definition) is 5. The van der Waals surface area contributed by atoms with Crippen LogP contribution in [-0.4, -0.2) is 56.7 Å². The molecule has 4 aromatic rings. The molecule has 2 bridgehead atoms. The summed E-state index contributed by atoms with van der Waals surface area (Å²) >= 11 is 0. The maximum Gasteiger partial charge on any atom is 0.155 e. The third kappa shape index (κ3) is 2.91. The first-order valence-corrected chi connectivity index (χ1v) is 10.6. The minimum absolute atomic E-state index is 0.261. The molecular weight excluding hydrogens is 391 g/mol. The first-order chi connectivity index (χ1) is 15.1. The third-order valence-electron chi connectivity index (χ3n) is 6.63. The Kier molecular flexibility index (Phi) is 4.08. The summed E-state index contributed by atoms with van der Waals surface area (Å²) < 4.78 is 15.5.